The Balaban J connectivity index is 2.32. The lowest BCUT2D eigenvalue weighted by Gasteiger charge is -2.31. The largest absolute Gasteiger partial charge is 0.354 e. The molecule has 0 aliphatic rings. The zero-order valence-electron chi connectivity index (χ0n) is 16.6. The molecule has 0 heterocycles. The lowest BCUT2D eigenvalue weighted by molar-refractivity contribution is -0.140. The molecule has 29 heavy (non-hydrogen) atoms. The number of carbonyl (C=O) groups excluding carboxylic acids is 2. The van der Waals surface area contributed by atoms with Gasteiger partial charge in [-0.25, -0.2) is 0 Å². The maximum atomic E-state index is 13.2. The molecule has 0 aliphatic carbocycles. The number of benzene rings is 2. The number of nitrogens with zero attached hydrogens (tertiary/aromatic N) is 1. The number of carbonyl (C=O) groups is 2. The van der Waals surface area contributed by atoms with Gasteiger partial charge in [0.15, 0.2) is 0 Å². The van der Waals surface area contributed by atoms with Gasteiger partial charge in [0.25, 0.3) is 0 Å². The van der Waals surface area contributed by atoms with E-state index in [1.54, 1.807) is 41.3 Å². The molecule has 0 radical (unpaired) electrons. The Morgan fingerprint density at radius 2 is 1.76 bits per heavy atom. The van der Waals surface area contributed by atoms with Crippen molar-refractivity contribution in [1.82, 2.24) is 10.2 Å². The maximum absolute atomic E-state index is 13.2. The molecule has 1 atom stereocenters. The minimum Gasteiger partial charge on any atom is -0.354 e. The van der Waals surface area contributed by atoms with Crippen LogP contribution >= 0.6 is 34.8 Å². The highest BCUT2D eigenvalue weighted by Crippen LogP contribution is 2.24. The maximum Gasteiger partial charge on any atom is 0.242 e. The van der Waals surface area contributed by atoms with Gasteiger partial charge >= 0.3 is 0 Å². The lowest BCUT2D eigenvalue weighted by Crippen LogP contribution is -2.49. The van der Waals surface area contributed by atoms with E-state index in [-0.39, 0.29) is 24.8 Å². The standard InChI is InChI=1S/C22H25Cl3N2O2/c1-3-10-26-22(29)20(4-2)27(14-16-8-9-18(24)13-19(16)25)21(28)12-15-6-5-7-17(23)11-15/h5-9,11,13,20H,3-4,10,12,14H2,1-2H3,(H,26,29)/t20-/m1/s1. The highest BCUT2D eigenvalue weighted by Gasteiger charge is 2.29. The van der Waals surface area contributed by atoms with Crippen LogP contribution < -0.4 is 5.32 Å². The molecule has 0 bridgehead atoms. The van der Waals surface area contributed by atoms with Crippen molar-refractivity contribution in [2.24, 2.45) is 0 Å². The summed E-state index contributed by atoms with van der Waals surface area (Å²) in [4.78, 5) is 27.5. The normalized spacial score (nSPS) is 11.8. The number of hydrogen-bond donors (Lipinski definition) is 1. The van der Waals surface area contributed by atoms with Crippen LogP contribution in [0.25, 0.3) is 0 Å². The van der Waals surface area contributed by atoms with Crippen LogP contribution in [0, 0.1) is 0 Å². The molecule has 0 unspecified atom stereocenters. The van der Waals surface area contributed by atoms with Gasteiger partial charge in [-0.3, -0.25) is 9.59 Å². The van der Waals surface area contributed by atoms with Gasteiger partial charge in [0.2, 0.25) is 11.8 Å². The van der Waals surface area contributed by atoms with Gasteiger partial charge in [-0.1, -0.05) is 66.8 Å². The topological polar surface area (TPSA) is 49.4 Å². The van der Waals surface area contributed by atoms with Gasteiger partial charge in [0.05, 0.1) is 6.42 Å². The first-order chi connectivity index (χ1) is 13.8. The van der Waals surface area contributed by atoms with Crippen LogP contribution in [0.1, 0.15) is 37.8 Å². The van der Waals surface area contributed by atoms with E-state index in [1.165, 1.54) is 0 Å². The molecule has 0 spiro atoms. The second-order valence-electron chi connectivity index (χ2n) is 6.78. The summed E-state index contributed by atoms with van der Waals surface area (Å²) in [6, 6.07) is 11.7. The molecule has 0 fully saturated rings. The minimum absolute atomic E-state index is 0.142. The molecule has 4 nitrogen and oxygen atoms in total. The van der Waals surface area contributed by atoms with Crippen molar-refractivity contribution in [2.75, 3.05) is 6.54 Å². The molecule has 0 aromatic heterocycles. The summed E-state index contributed by atoms with van der Waals surface area (Å²) in [6.45, 7) is 4.65. The second kappa shape index (κ2) is 11.4. The number of nitrogens with one attached hydrogen (secondary N) is 1. The number of hydrogen-bond acceptors (Lipinski definition) is 2. The van der Waals surface area contributed by atoms with Crippen LogP contribution in [0.15, 0.2) is 42.5 Å². The predicted octanol–water partition coefficient (Wildman–Crippen LogP) is 5.52. The Morgan fingerprint density at radius 1 is 1.03 bits per heavy atom. The van der Waals surface area contributed by atoms with Gasteiger partial charge in [-0.15, -0.1) is 0 Å². The highest BCUT2D eigenvalue weighted by molar-refractivity contribution is 6.35. The average Bonchev–Trinajstić information content (AvgIpc) is 2.67. The van der Waals surface area contributed by atoms with Gasteiger partial charge in [0.1, 0.15) is 6.04 Å². The van der Waals surface area contributed by atoms with E-state index in [4.69, 9.17) is 34.8 Å². The first kappa shape index (κ1) is 23.5. The number of halogens is 3. The molecular weight excluding hydrogens is 431 g/mol. The van der Waals surface area contributed by atoms with Gasteiger partial charge < -0.3 is 10.2 Å². The van der Waals surface area contributed by atoms with Crippen molar-refractivity contribution >= 4 is 46.6 Å². The molecule has 1 N–H and O–H groups in total. The van der Waals surface area contributed by atoms with E-state index in [9.17, 15) is 9.59 Å². The van der Waals surface area contributed by atoms with Crippen molar-refractivity contribution < 1.29 is 9.59 Å². The molecule has 2 rings (SSSR count). The van der Waals surface area contributed by atoms with Crippen LogP contribution in [0.5, 0.6) is 0 Å². The third-order valence-electron chi connectivity index (χ3n) is 4.54. The van der Waals surface area contributed by atoms with Crippen LogP contribution in [0.2, 0.25) is 15.1 Å². The minimum atomic E-state index is -0.597. The lowest BCUT2D eigenvalue weighted by atomic mass is 10.1. The second-order valence-corrected chi connectivity index (χ2v) is 8.06. The molecule has 2 aromatic rings. The number of amides is 2. The summed E-state index contributed by atoms with van der Waals surface area (Å²) < 4.78 is 0. The van der Waals surface area contributed by atoms with Gasteiger partial charge in [0, 0.05) is 28.2 Å². The molecule has 2 amide bonds. The zero-order chi connectivity index (χ0) is 21.4. The van der Waals surface area contributed by atoms with E-state index in [0.717, 1.165) is 17.5 Å². The quantitative estimate of drug-likeness (QED) is 0.541. The first-order valence-corrected chi connectivity index (χ1v) is 10.7. The van der Waals surface area contributed by atoms with Crippen LogP contribution in [-0.2, 0) is 22.6 Å². The van der Waals surface area contributed by atoms with Gasteiger partial charge in [-0.05, 0) is 48.2 Å². The van der Waals surface area contributed by atoms with E-state index >= 15 is 0 Å². The summed E-state index contributed by atoms with van der Waals surface area (Å²) >= 11 is 18.4. The van der Waals surface area contributed by atoms with Crippen molar-refractivity contribution in [3.05, 3.63) is 68.7 Å². The molecule has 0 saturated carbocycles. The van der Waals surface area contributed by atoms with Crippen molar-refractivity contribution in [3.8, 4) is 0 Å². The Bertz CT molecular complexity index is 858. The first-order valence-electron chi connectivity index (χ1n) is 9.61. The van der Waals surface area contributed by atoms with Crippen LogP contribution in [-0.4, -0.2) is 29.3 Å². The fourth-order valence-electron chi connectivity index (χ4n) is 3.04. The average molecular weight is 456 g/mol. The summed E-state index contributed by atoms with van der Waals surface area (Å²) in [6.07, 6.45) is 1.45. The monoisotopic (exact) mass is 454 g/mol. The number of rotatable bonds is 9. The molecule has 0 saturated heterocycles. The van der Waals surface area contributed by atoms with Crippen molar-refractivity contribution in [3.63, 3.8) is 0 Å². The smallest absolute Gasteiger partial charge is 0.242 e. The Morgan fingerprint density at radius 3 is 2.38 bits per heavy atom. The predicted molar refractivity (Wildman–Crippen MR) is 120 cm³/mol. The summed E-state index contributed by atoms with van der Waals surface area (Å²) in [7, 11) is 0. The van der Waals surface area contributed by atoms with E-state index in [0.29, 0.717) is 28.0 Å². The van der Waals surface area contributed by atoms with Gasteiger partial charge in [-0.2, -0.15) is 0 Å². The Labute approximate surface area is 187 Å². The SMILES string of the molecule is CCCNC(=O)[C@@H](CC)N(Cc1ccc(Cl)cc1Cl)C(=O)Cc1cccc(Cl)c1. The van der Waals surface area contributed by atoms with Crippen LogP contribution in [0.3, 0.4) is 0 Å². The van der Waals surface area contributed by atoms with Crippen molar-refractivity contribution in [2.45, 2.75) is 45.7 Å². The van der Waals surface area contributed by atoms with E-state index in [1.807, 2.05) is 19.9 Å². The summed E-state index contributed by atoms with van der Waals surface area (Å²) in [5.41, 5.74) is 1.52. The summed E-state index contributed by atoms with van der Waals surface area (Å²) in [5.74, 6) is -0.337. The highest BCUT2D eigenvalue weighted by atomic mass is 35.5. The Kier molecular flexibility index (Phi) is 9.28. The molecular formula is C22H25Cl3N2O2. The molecule has 156 valence electrons. The molecule has 0 aliphatic heterocycles. The molecule has 2 aromatic carbocycles. The fourth-order valence-corrected chi connectivity index (χ4v) is 3.72. The molecule has 7 heteroatoms. The zero-order valence-corrected chi connectivity index (χ0v) is 18.8. The summed E-state index contributed by atoms with van der Waals surface area (Å²) in [5, 5.41) is 4.44. The Hall–Kier alpha value is -1.75. The van der Waals surface area contributed by atoms with E-state index in [2.05, 4.69) is 5.32 Å². The fraction of sp³-hybridized carbons (Fsp3) is 0.364. The third kappa shape index (κ3) is 6.91. The van der Waals surface area contributed by atoms with Crippen LogP contribution in [0.4, 0.5) is 0 Å². The third-order valence-corrected chi connectivity index (χ3v) is 5.36. The van der Waals surface area contributed by atoms with Crippen molar-refractivity contribution in [1.29, 1.82) is 0 Å². The van der Waals surface area contributed by atoms with E-state index < -0.39 is 6.04 Å².